The fourth-order valence-corrected chi connectivity index (χ4v) is 1.87. The molecule has 0 aromatic heterocycles. The normalized spacial score (nSPS) is 19.5. The van der Waals surface area contributed by atoms with Crippen molar-refractivity contribution >= 4 is 11.6 Å². The van der Waals surface area contributed by atoms with E-state index in [1.807, 2.05) is 6.92 Å². The van der Waals surface area contributed by atoms with Gasteiger partial charge in [-0.1, -0.05) is 6.07 Å². The topological polar surface area (TPSA) is 70.6 Å². The first-order chi connectivity index (χ1) is 8.65. The van der Waals surface area contributed by atoms with Crippen molar-refractivity contribution in [3.63, 3.8) is 0 Å². The minimum atomic E-state index is -0.0822. The zero-order valence-electron chi connectivity index (χ0n) is 10.4. The number of amides is 1. The van der Waals surface area contributed by atoms with Crippen LogP contribution in [0, 0.1) is 6.92 Å². The summed E-state index contributed by atoms with van der Waals surface area (Å²) in [7, 11) is 0. The second-order valence-corrected chi connectivity index (χ2v) is 4.48. The van der Waals surface area contributed by atoms with Gasteiger partial charge in [-0.3, -0.25) is 4.79 Å². The SMILES string of the molecule is Cc1ccc(NC(=O)CC2COCCN2)cc1O. The quantitative estimate of drug-likeness (QED) is 0.749. The third kappa shape index (κ3) is 3.45. The molecule has 5 nitrogen and oxygen atoms in total. The van der Waals surface area contributed by atoms with Crippen LogP contribution in [0.4, 0.5) is 5.69 Å². The summed E-state index contributed by atoms with van der Waals surface area (Å²) >= 11 is 0. The highest BCUT2D eigenvalue weighted by Crippen LogP contribution is 2.20. The average molecular weight is 250 g/mol. The van der Waals surface area contributed by atoms with Crippen LogP contribution in [0.25, 0.3) is 0 Å². The number of phenols is 1. The van der Waals surface area contributed by atoms with Crippen molar-refractivity contribution in [2.45, 2.75) is 19.4 Å². The van der Waals surface area contributed by atoms with Gasteiger partial charge in [-0.2, -0.15) is 0 Å². The zero-order valence-corrected chi connectivity index (χ0v) is 10.4. The molecule has 5 heteroatoms. The first-order valence-corrected chi connectivity index (χ1v) is 6.06. The summed E-state index contributed by atoms with van der Waals surface area (Å²) in [6.07, 6.45) is 0.370. The molecule has 0 saturated carbocycles. The van der Waals surface area contributed by atoms with Gasteiger partial charge in [0, 0.05) is 30.8 Å². The number of hydrogen-bond acceptors (Lipinski definition) is 4. The predicted molar refractivity (Wildman–Crippen MR) is 68.7 cm³/mol. The van der Waals surface area contributed by atoms with Gasteiger partial charge < -0.3 is 20.5 Å². The Balaban J connectivity index is 1.88. The van der Waals surface area contributed by atoms with Crippen molar-refractivity contribution in [3.05, 3.63) is 23.8 Å². The van der Waals surface area contributed by atoms with Crippen LogP contribution in [0.2, 0.25) is 0 Å². The molecule has 1 heterocycles. The first-order valence-electron chi connectivity index (χ1n) is 6.06. The summed E-state index contributed by atoms with van der Waals surface area (Å²) in [5, 5.41) is 15.5. The summed E-state index contributed by atoms with van der Waals surface area (Å²) in [6.45, 7) is 3.85. The smallest absolute Gasteiger partial charge is 0.226 e. The van der Waals surface area contributed by atoms with E-state index in [1.54, 1.807) is 18.2 Å². The standard InChI is InChI=1S/C13H18N2O3/c1-9-2-3-10(6-12(9)16)15-13(17)7-11-8-18-5-4-14-11/h2-3,6,11,14,16H,4-5,7-8H2,1H3,(H,15,17). The number of aryl methyl sites for hydroxylation is 1. The number of morpholine rings is 1. The number of benzene rings is 1. The van der Waals surface area contributed by atoms with E-state index in [0.29, 0.717) is 25.3 Å². The lowest BCUT2D eigenvalue weighted by Gasteiger charge is -2.23. The summed E-state index contributed by atoms with van der Waals surface area (Å²) in [6, 6.07) is 5.17. The average Bonchev–Trinajstić information content (AvgIpc) is 2.35. The van der Waals surface area contributed by atoms with Gasteiger partial charge >= 0.3 is 0 Å². The maximum atomic E-state index is 11.8. The van der Waals surface area contributed by atoms with Gasteiger partial charge in [0.1, 0.15) is 5.75 Å². The van der Waals surface area contributed by atoms with Crippen LogP contribution in [0.5, 0.6) is 5.75 Å². The molecule has 18 heavy (non-hydrogen) atoms. The van der Waals surface area contributed by atoms with Gasteiger partial charge in [0.25, 0.3) is 0 Å². The molecule has 1 amide bonds. The van der Waals surface area contributed by atoms with E-state index >= 15 is 0 Å². The number of nitrogens with one attached hydrogen (secondary N) is 2. The van der Waals surface area contributed by atoms with E-state index < -0.39 is 0 Å². The van der Waals surface area contributed by atoms with E-state index in [0.717, 1.165) is 12.1 Å². The highest BCUT2D eigenvalue weighted by Gasteiger charge is 2.16. The van der Waals surface area contributed by atoms with E-state index in [1.165, 1.54) is 0 Å². The Hall–Kier alpha value is -1.59. The Bertz CT molecular complexity index is 428. The Labute approximate surface area is 106 Å². The molecule has 1 aliphatic heterocycles. The first kappa shape index (κ1) is 12.9. The van der Waals surface area contributed by atoms with E-state index in [-0.39, 0.29) is 17.7 Å². The molecule has 98 valence electrons. The zero-order chi connectivity index (χ0) is 13.0. The second kappa shape index (κ2) is 5.84. The van der Waals surface area contributed by atoms with Gasteiger partial charge in [0.2, 0.25) is 5.91 Å². The molecule has 1 unspecified atom stereocenters. The summed E-state index contributed by atoms with van der Waals surface area (Å²) in [4.78, 5) is 11.8. The van der Waals surface area contributed by atoms with Crippen LogP contribution in [0.15, 0.2) is 18.2 Å². The number of carbonyl (C=O) groups is 1. The van der Waals surface area contributed by atoms with Crippen LogP contribution < -0.4 is 10.6 Å². The second-order valence-electron chi connectivity index (χ2n) is 4.48. The third-order valence-electron chi connectivity index (χ3n) is 2.92. The Kier molecular flexibility index (Phi) is 4.17. The van der Waals surface area contributed by atoms with E-state index in [2.05, 4.69) is 10.6 Å². The van der Waals surface area contributed by atoms with Crippen LogP contribution in [0.3, 0.4) is 0 Å². The van der Waals surface area contributed by atoms with Crippen LogP contribution >= 0.6 is 0 Å². The molecule has 1 fully saturated rings. The molecule has 1 saturated heterocycles. The van der Waals surface area contributed by atoms with Crippen LogP contribution in [-0.2, 0) is 9.53 Å². The minimum absolute atomic E-state index is 0.0674. The molecule has 3 N–H and O–H groups in total. The Morgan fingerprint density at radius 3 is 3.11 bits per heavy atom. The maximum Gasteiger partial charge on any atom is 0.226 e. The van der Waals surface area contributed by atoms with Crippen molar-refractivity contribution < 1.29 is 14.6 Å². The van der Waals surface area contributed by atoms with Gasteiger partial charge in [-0.05, 0) is 18.6 Å². The monoisotopic (exact) mass is 250 g/mol. The number of aromatic hydroxyl groups is 1. The molecule has 0 aliphatic carbocycles. The number of phenolic OH excluding ortho intramolecular Hbond substituents is 1. The number of hydrogen-bond donors (Lipinski definition) is 3. The van der Waals surface area contributed by atoms with Crippen molar-refractivity contribution in [1.29, 1.82) is 0 Å². The fourth-order valence-electron chi connectivity index (χ4n) is 1.87. The molecular weight excluding hydrogens is 232 g/mol. The molecule has 0 spiro atoms. The van der Waals surface area contributed by atoms with Gasteiger partial charge in [0.15, 0.2) is 0 Å². The van der Waals surface area contributed by atoms with Crippen LogP contribution in [0.1, 0.15) is 12.0 Å². The lowest BCUT2D eigenvalue weighted by molar-refractivity contribution is -0.117. The highest BCUT2D eigenvalue weighted by atomic mass is 16.5. The summed E-state index contributed by atoms with van der Waals surface area (Å²) in [5.74, 6) is 0.105. The number of rotatable bonds is 3. The number of anilines is 1. The van der Waals surface area contributed by atoms with Crippen molar-refractivity contribution in [3.8, 4) is 5.75 Å². The lowest BCUT2D eigenvalue weighted by atomic mass is 10.1. The molecule has 1 atom stereocenters. The van der Waals surface area contributed by atoms with Crippen molar-refractivity contribution in [1.82, 2.24) is 5.32 Å². The Morgan fingerprint density at radius 2 is 2.44 bits per heavy atom. The summed E-state index contributed by atoms with van der Waals surface area (Å²) < 4.78 is 5.29. The minimum Gasteiger partial charge on any atom is -0.508 e. The third-order valence-corrected chi connectivity index (χ3v) is 2.92. The maximum absolute atomic E-state index is 11.8. The van der Waals surface area contributed by atoms with E-state index in [9.17, 15) is 9.90 Å². The summed E-state index contributed by atoms with van der Waals surface area (Å²) in [5.41, 5.74) is 1.40. The Morgan fingerprint density at radius 1 is 1.61 bits per heavy atom. The fraction of sp³-hybridized carbons (Fsp3) is 0.462. The van der Waals surface area contributed by atoms with Crippen molar-refractivity contribution in [2.24, 2.45) is 0 Å². The predicted octanol–water partition coefficient (Wildman–Crippen LogP) is 1.02. The van der Waals surface area contributed by atoms with E-state index in [4.69, 9.17) is 4.74 Å². The van der Waals surface area contributed by atoms with Gasteiger partial charge in [-0.25, -0.2) is 0 Å². The van der Waals surface area contributed by atoms with Crippen molar-refractivity contribution in [2.75, 3.05) is 25.1 Å². The highest BCUT2D eigenvalue weighted by molar-refractivity contribution is 5.91. The van der Waals surface area contributed by atoms with Crippen LogP contribution in [-0.4, -0.2) is 36.8 Å². The molecular formula is C13H18N2O3. The molecule has 0 bridgehead atoms. The largest absolute Gasteiger partial charge is 0.508 e. The molecule has 1 aliphatic rings. The molecule has 0 radical (unpaired) electrons. The number of carbonyl (C=O) groups excluding carboxylic acids is 1. The number of ether oxygens (including phenoxy) is 1. The van der Waals surface area contributed by atoms with Gasteiger partial charge in [-0.15, -0.1) is 0 Å². The molecule has 1 aromatic rings. The molecule has 1 aromatic carbocycles. The lowest BCUT2D eigenvalue weighted by Crippen LogP contribution is -2.43. The molecule has 2 rings (SSSR count). The van der Waals surface area contributed by atoms with Gasteiger partial charge in [0.05, 0.1) is 13.2 Å².